The molecule has 0 radical (unpaired) electrons. The number of ether oxygens (including phenoxy) is 1. The fourth-order valence-corrected chi connectivity index (χ4v) is 2.71. The number of carbonyl (C=O) groups is 3. The van der Waals surface area contributed by atoms with Crippen LogP contribution in [0, 0.1) is 5.41 Å². The Kier molecular flexibility index (Phi) is 4.53. The lowest BCUT2D eigenvalue weighted by Crippen LogP contribution is -2.34. The lowest BCUT2D eigenvalue weighted by atomic mass is 10.1. The predicted molar refractivity (Wildman–Crippen MR) is 85.7 cm³/mol. The molecule has 1 aliphatic carbocycles. The predicted octanol–water partition coefficient (Wildman–Crippen LogP) is 1.40. The Bertz CT molecular complexity index is 663. The molecular formula is C17H20N2O5. The van der Waals surface area contributed by atoms with Crippen LogP contribution >= 0.6 is 0 Å². The molecule has 1 saturated carbocycles. The number of carboxylic acids is 1. The molecule has 1 unspecified atom stereocenters. The van der Waals surface area contributed by atoms with Gasteiger partial charge in [-0.2, -0.15) is 0 Å². The second-order valence-corrected chi connectivity index (χ2v) is 6.34. The topological polar surface area (TPSA) is 105 Å². The van der Waals surface area contributed by atoms with Gasteiger partial charge in [0.05, 0.1) is 5.41 Å². The molecule has 0 bridgehead atoms. The fourth-order valence-electron chi connectivity index (χ4n) is 2.71. The maximum Gasteiger partial charge on any atom is 0.311 e. The van der Waals surface area contributed by atoms with Gasteiger partial charge in [-0.1, -0.05) is 6.07 Å². The highest BCUT2D eigenvalue weighted by Gasteiger charge is 2.50. The second-order valence-electron chi connectivity index (χ2n) is 6.34. The van der Waals surface area contributed by atoms with E-state index in [1.807, 2.05) is 0 Å². The third-order valence-corrected chi connectivity index (χ3v) is 4.51. The monoisotopic (exact) mass is 332 g/mol. The van der Waals surface area contributed by atoms with Crippen LogP contribution in [-0.4, -0.2) is 42.1 Å². The number of benzene rings is 1. The number of nitrogens with one attached hydrogen (secondary N) is 2. The van der Waals surface area contributed by atoms with E-state index in [4.69, 9.17) is 9.84 Å². The molecule has 2 fully saturated rings. The van der Waals surface area contributed by atoms with Gasteiger partial charge in [0.1, 0.15) is 6.10 Å². The Balaban J connectivity index is 1.59. The standard InChI is InChI=1S/C17H20N2O5/c20-14(18-10-17(6-7-17)16(22)23)11-3-1-4-12(9-11)19-15(21)13-5-2-8-24-13/h1,3-4,9,13H,2,5-8,10H2,(H,18,20)(H,19,21)(H,22,23). The van der Waals surface area contributed by atoms with Crippen molar-refractivity contribution in [3.8, 4) is 0 Å². The smallest absolute Gasteiger partial charge is 0.311 e. The van der Waals surface area contributed by atoms with Crippen molar-refractivity contribution >= 4 is 23.5 Å². The van der Waals surface area contributed by atoms with E-state index < -0.39 is 17.5 Å². The molecule has 3 N–H and O–H groups in total. The first-order valence-corrected chi connectivity index (χ1v) is 8.04. The fraction of sp³-hybridized carbons (Fsp3) is 0.471. The molecule has 2 aliphatic rings. The van der Waals surface area contributed by atoms with Gasteiger partial charge in [0.2, 0.25) is 0 Å². The zero-order valence-electron chi connectivity index (χ0n) is 13.2. The summed E-state index contributed by atoms with van der Waals surface area (Å²) in [5, 5.41) is 14.5. The van der Waals surface area contributed by atoms with E-state index in [1.165, 1.54) is 0 Å². The van der Waals surface area contributed by atoms with E-state index in [0.717, 1.165) is 6.42 Å². The van der Waals surface area contributed by atoms with Crippen molar-refractivity contribution in [1.82, 2.24) is 5.32 Å². The van der Waals surface area contributed by atoms with E-state index in [9.17, 15) is 14.4 Å². The van der Waals surface area contributed by atoms with Crippen molar-refractivity contribution in [3.05, 3.63) is 29.8 Å². The largest absolute Gasteiger partial charge is 0.481 e. The van der Waals surface area contributed by atoms with E-state index in [1.54, 1.807) is 24.3 Å². The number of amides is 2. The number of hydrogen-bond acceptors (Lipinski definition) is 4. The lowest BCUT2D eigenvalue weighted by molar-refractivity contribution is -0.143. The van der Waals surface area contributed by atoms with Crippen LogP contribution in [0.1, 0.15) is 36.0 Å². The summed E-state index contributed by atoms with van der Waals surface area (Å²) in [6.07, 6.45) is 2.29. The number of carboxylic acid groups (broad SMARTS) is 1. The van der Waals surface area contributed by atoms with Crippen LogP contribution in [0.4, 0.5) is 5.69 Å². The summed E-state index contributed by atoms with van der Waals surface area (Å²) in [6, 6.07) is 6.56. The summed E-state index contributed by atoms with van der Waals surface area (Å²) >= 11 is 0. The molecule has 1 saturated heterocycles. The number of anilines is 1. The highest BCUT2D eigenvalue weighted by molar-refractivity contribution is 5.98. The van der Waals surface area contributed by atoms with Crippen LogP contribution in [0.2, 0.25) is 0 Å². The zero-order chi connectivity index (χ0) is 17.2. The van der Waals surface area contributed by atoms with Crippen LogP contribution < -0.4 is 10.6 Å². The SMILES string of the molecule is O=C(NCC1(C(=O)O)CC1)c1cccc(NC(=O)C2CCCO2)c1. The minimum absolute atomic E-state index is 0.119. The Morgan fingerprint density at radius 1 is 1.29 bits per heavy atom. The van der Waals surface area contributed by atoms with E-state index in [-0.39, 0.29) is 18.4 Å². The first-order chi connectivity index (χ1) is 11.5. The van der Waals surface area contributed by atoms with E-state index in [2.05, 4.69) is 10.6 Å². The summed E-state index contributed by atoms with van der Waals surface area (Å²) in [4.78, 5) is 35.4. The van der Waals surface area contributed by atoms with Crippen molar-refractivity contribution in [2.45, 2.75) is 31.8 Å². The van der Waals surface area contributed by atoms with Gasteiger partial charge in [0.15, 0.2) is 0 Å². The molecule has 7 heteroatoms. The molecule has 2 amide bonds. The Hall–Kier alpha value is -2.41. The zero-order valence-corrected chi connectivity index (χ0v) is 13.2. The van der Waals surface area contributed by atoms with Crippen LogP contribution in [0.3, 0.4) is 0 Å². The number of carbonyl (C=O) groups excluding carboxylic acids is 2. The van der Waals surface area contributed by atoms with Gasteiger partial charge in [-0.15, -0.1) is 0 Å². The van der Waals surface area contributed by atoms with Gasteiger partial charge >= 0.3 is 5.97 Å². The summed E-state index contributed by atoms with van der Waals surface area (Å²) in [5.74, 6) is -1.44. The van der Waals surface area contributed by atoms with Gasteiger partial charge in [0.25, 0.3) is 11.8 Å². The molecule has 1 heterocycles. The normalized spacial score (nSPS) is 21.1. The molecule has 7 nitrogen and oxygen atoms in total. The summed E-state index contributed by atoms with van der Waals surface area (Å²) in [6.45, 7) is 0.708. The third-order valence-electron chi connectivity index (χ3n) is 4.51. The number of rotatable bonds is 6. The molecule has 24 heavy (non-hydrogen) atoms. The first-order valence-electron chi connectivity index (χ1n) is 8.04. The molecule has 1 aromatic carbocycles. The van der Waals surface area contributed by atoms with Gasteiger partial charge in [-0.3, -0.25) is 14.4 Å². The van der Waals surface area contributed by atoms with Crippen molar-refractivity contribution in [2.75, 3.05) is 18.5 Å². The summed E-state index contributed by atoms with van der Waals surface area (Å²) < 4.78 is 5.32. The molecule has 0 aromatic heterocycles. The van der Waals surface area contributed by atoms with Crippen molar-refractivity contribution in [2.24, 2.45) is 5.41 Å². The van der Waals surface area contributed by atoms with E-state index >= 15 is 0 Å². The molecule has 128 valence electrons. The lowest BCUT2D eigenvalue weighted by Gasteiger charge is -2.13. The quantitative estimate of drug-likeness (QED) is 0.730. The first kappa shape index (κ1) is 16.4. The van der Waals surface area contributed by atoms with Gasteiger partial charge in [-0.05, 0) is 43.9 Å². The van der Waals surface area contributed by atoms with Crippen molar-refractivity contribution in [3.63, 3.8) is 0 Å². The summed E-state index contributed by atoms with van der Waals surface area (Å²) in [5.41, 5.74) is 0.0882. The van der Waals surface area contributed by atoms with Crippen LogP contribution in [0.25, 0.3) is 0 Å². The van der Waals surface area contributed by atoms with Gasteiger partial charge < -0.3 is 20.5 Å². The highest BCUT2D eigenvalue weighted by atomic mass is 16.5. The van der Waals surface area contributed by atoms with Crippen molar-refractivity contribution < 1.29 is 24.2 Å². The molecule has 1 aromatic rings. The van der Waals surface area contributed by atoms with Gasteiger partial charge in [0, 0.05) is 24.4 Å². The Morgan fingerprint density at radius 3 is 2.71 bits per heavy atom. The molecule has 3 rings (SSSR count). The Labute approximate surface area is 139 Å². The average molecular weight is 332 g/mol. The minimum atomic E-state index is -0.875. The van der Waals surface area contributed by atoms with Gasteiger partial charge in [-0.25, -0.2) is 0 Å². The molecular weight excluding hydrogens is 312 g/mol. The number of aliphatic carboxylic acids is 1. The minimum Gasteiger partial charge on any atom is -0.481 e. The summed E-state index contributed by atoms with van der Waals surface area (Å²) in [7, 11) is 0. The number of hydrogen-bond donors (Lipinski definition) is 3. The molecule has 0 spiro atoms. The van der Waals surface area contributed by atoms with Crippen LogP contribution in [-0.2, 0) is 14.3 Å². The van der Waals surface area contributed by atoms with Crippen LogP contribution in [0.5, 0.6) is 0 Å². The van der Waals surface area contributed by atoms with Crippen molar-refractivity contribution in [1.29, 1.82) is 0 Å². The van der Waals surface area contributed by atoms with Crippen LogP contribution in [0.15, 0.2) is 24.3 Å². The van der Waals surface area contributed by atoms with E-state index in [0.29, 0.717) is 37.1 Å². The molecule has 1 atom stereocenters. The average Bonchev–Trinajstić information content (AvgIpc) is 3.17. The molecule has 1 aliphatic heterocycles. The second kappa shape index (κ2) is 6.60. The highest BCUT2D eigenvalue weighted by Crippen LogP contribution is 2.45. The maximum absolute atomic E-state index is 12.2. The Morgan fingerprint density at radius 2 is 2.08 bits per heavy atom. The maximum atomic E-state index is 12.2. The third kappa shape index (κ3) is 3.56.